The van der Waals surface area contributed by atoms with E-state index in [1.807, 2.05) is 0 Å². The van der Waals surface area contributed by atoms with E-state index in [0.717, 1.165) is 11.0 Å². The summed E-state index contributed by atoms with van der Waals surface area (Å²) in [6, 6.07) is 2.97. The van der Waals surface area contributed by atoms with Gasteiger partial charge in [-0.15, -0.1) is 0 Å². The van der Waals surface area contributed by atoms with Crippen LogP contribution in [0.1, 0.15) is 36.7 Å². The molecule has 0 saturated carbocycles. The van der Waals surface area contributed by atoms with Crippen molar-refractivity contribution in [2.75, 3.05) is 6.54 Å². The van der Waals surface area contributed by atoms with E-state index < -0.39 is 30.5 Å². The Balaban J connectivity index is 3.15. The van der Waals surface area contributed by atoms with Gasteiger partial charge in [0.25, 0.3) is 5.91 Å². The molecular formula is C15H19F4NO. The second-order valence-corrected chi connectivity index (χ2v) is 5.55. The van der Waals surface area contributed by atoms with E-state index >= 15 is 0 Å². The fraction of sp³-hybridized carbons (Fsp3) is 0.533. The van der Waals surface area contributed by atoms with E-state index in [2.05, 4.69) is 0 Å². The molecule has 1 rings (SSSR count). The number of halogens is 4. The molecule has 0 aliphatic heterocycles. The first-order valence-corrected chi connectivity index (χ1v) is 6.66. The van der Waals surface area contributed by atoms with Crippen molar-refractivity contribution in [3.05, 3.63) is 35.1 Å². The quantitative estimate of drug-likeness (QED) is 0.764. The number of nitrogens with zero attached hydrogens (tertiary/aromatic N) is 1. The van der Waals surface area contributed by atoms with Gasteiger partial charge in [0, 0.05) is 11.6 Å². The maximum absolute atomic E-state index is 13.4. The lowest BCUT2D eigenvalue weighted by Gasteiger charge is -2.32. The van der Waals surface area contributed by atoms with Crippen LogP contribution in [0.25, 0.3) is 0 Å². The first-order chi connectivity index (χ1) is 9.51. The minimum absolute atomic E-state index is 0.0655. The van der Waals surface area contributed by atoms with E-state index in [4.69, 9.17) is 0 Å². The Kier molecular flexibility index (Phi) is 5.36. The van der Waals surface area contributed by atoms with Crippen molar-refractivity contribution in [3.8, 4) is 0 Å². The molecule has 0 radical (unpaired) electrons. The molecule has 2 nitrogen and oxygen atoms in total. The highest BCUT2D eigenvalue weighted by Crippen LogP contribution is 2.23. The van der Waals surface area contributed by atoms with Gasteiger partial charge in [-0.05, 0) is 43.5 Å². The Morgan fingerprint density at radius 1 is 1.19 bits per heavy atom. The number of rotatable bonds is 4. The Labute approximate surface area is 121 Å². The molecule has 0 aliphatic carbocycles. The van der Waals surface area contributed by atoms with Crippen molar-refractivity contribution in [1.29, 1.82) is 0 Å². The van der Waals surface area contributed by atoms with Crippen LogP contribution < -0.4 is 0 Å². The maximum Gasteiger partial charge on any atom is 0.406 e. The molecule has 0 spiro atoms. The fourth-order valence-electron chi connectivity index (χ4n) is 1.98. The van der Waals surface area contributed by atoms with Crippen LogP contribution in [0.2, 0.25) is 0 Å². The lowest BCUT2D eigenvalue weighted by atomic mass is 10.0. The van der Waals surface area contributed by atoms with Crippen LogP contribution in [0, 0.1) is 18.7 Å². The third kappa shape index (κ3) is 5.02. The molecule has 1 aromatic carbocycles. The number of benzene rings is 1. The monoisotopic (exact) mass is 305 g/mol. The zero-order valence-corrected chi connectivity index (χ0v) is 12.5. The van der Waals surface area contributed by atoms with Crippen LogP contribution in [0.5, 0.6) is 0 Å². The standard InChI is InChI=1S/C15H19F4NO/c1-9(2)11(4)20(8-15(17,18)19)14(21)12-5-10(3)6-13(16)7-12/h5-7,9,11H,8H2,1-4H3. The van der Waals surface area contributed by atoms with E-state index in [1.54, 1.807) is 27.7 Å². The summed E-state index contributed by atoms with van der Waals surface area (Å²) in [6.45, 7) is 5.26. The van der Waals surface area contributed by atoms with E-state index in [-0.39, 0.29) is 11.5 Å². The average molecular weight is 305 g/mol. The molecule has 1 amide bonds. The SMILES string of the molecule is Cc1cc(F)cc(C(=O)N(CC(F)(F)F)C(C)C(C)C)c1. The van der Waals surface area contributed by atoms with Crippen LogP contribution in [0.3, 0.4) is 0 Å². The number of hydrogen-bond donors (Lipinski definition) is 0. The summed E-state index contributed by atoms with van der Waals surface area (Å²) in [6.07, 6.45) is -4.50. The summed E-state index contributed by atoms with van der Waals surface area (Å²) in [7, 11) is 0. The molecule has 1 atom stereocenters. The third-order valence-electron chi connectivity index (χ3n) is 3.36. The molecule has 118 valence electrons. The number of carbonyl (C=O) groups excluding carboxylic acids is 1. The largest absolute Gasteiger partial charge is 0.406 e. The summed E-state index contributed by atoms with van der Waals surface area (Å²) >= 11 is 0. The summed E-state index contributed by atoms with van der Waals surface area (Å²) in [5, 5.41) is 0. The van der Waals surface area contributed by atoms with E-state index in [1.165, 1.54) is 12.1 Å². The molecule has 0 aliphatic rings. The van der Waals surface area contributed by atoms with E-state index in [0.29, 0.717) is 5.56 Å². The van der Waals surface area contributed by atoms with Crippen molar-refractivity contribution in [2.45, 2.75) is 39.9 Å². The Bertz CT molecular complexity index is 491. The summed E-state index contributed by atoms with van der Waals surface area (Å²) < 4.78 is 51.4. The first kappa shape index (κ1) is 17.5. The Morgan fingerprint density at radius 3 is 2.19 bits per heavy atom. The molecule has 6 heteroatoms. The van der Waals surface area contributed by atoms with Gasteiger partial charge in [0.2, 0.25) is 0 Å². The summed E-state index contributed by atoms with van der Waals surface area (Å²) in [4.78, 5) is 13.1. The predicted molar refractivity (Wildman–Crippen MR) is 72.5 cm³/mol. The van der Waals surface area contributed by atoms with Crippen LogP contribution in [-0.2, 0) is 0 Å². The molecule has 1 unspecified atom stereocenters. The normalized spacial score (nSPS) is 13.4. The van der Waals surface area contributed by atoms with Gasteiger partial charge in [0.05, 0.1) is 0 Å². The lowest BCUT2D eigenvalue weighted by Crippen LogP contribution is -2.46. The lowest BCUT2D eigenvalue weighted by molar-refractivity contribution is -0.145. The molecule has 0 bridgehead atoms. The topological polar surface area (TPSA) is 20.3 Å². The number of carbonyl (C=O) groups is 1. The zero-order valence-electron chi connectivity index (χ0n) is 12.5. The molecular weight excluding hydrogens is 286 g/mol. The molecule has 0 fully saturated rings. The van der Waals surface area contributed by atoms with E-state index in [9.17, 15) is 22.4 Å². The molecule has 21 heavy (non-hydrogen) atoms. The van der Waals surface area contributed by atoms with Crippen LogP contribution >= 0.6 is 0 Å². The highest BCUT2D eigenvalue weighted by Gasteiger charge is 2.36. The maximum atomic E-state index is 13.4. The number of aryl methyl sites for hydroxylation is 1. The van der Waals surface area contributed by atoms with Gasteiger partial charge in [-0.1, -0.05) is 13.8 Å². The number of hydrogen-bond acceptors (Lipinski definition) is 1. The fourth-order valence-corrected chi connectivity index (χ4v) is 1.98. The van der Waals surface area contributed by atoms with Crippen molar-refractivity contribution in [3.63, 3.8) is 0 Å². The Morgan fingerprint density at radius 2 is 1.76 bits per heavy atom. The molecule has 0 aromatic heterocycles. The summed E-state index contributed by atoms with van der Waals surface area (Å²) in [5.74, 6) is -1.59. The molecule has 0 saturated heterocycles. The number of alkyl halides is 3. The van der Waals surface area contributed by atoms with Gasteiger partial charge in [-0.3, -0.25) is 4.79 Å². The van der Waals surface area contributed by atoms with Gasteiger partial charge in [-0.25, -0.2) is 4.39 Å². The van der Waals surface area contributed by atoms with Crippen molar-refractivity contribution < 1.29 is 22.4 Å². The summed E-state index contributed by atoms with van der Waals surface area (Å²) in [5.41, 5.74) is 0.423. The van der Waals surface area contributed by atoms with Crippen molar-refractivity contribution in [2.24, 2.45) is 5.92 Å². The van der Waals surface area contributed by atoms with Crippen LogP contribution in [0.4, 0.5) is 17.6 Å². The smallest absolute Gasteiger partial charge is 0.327 e. The average Bonchev–Trinajstić information content (AvgIpc) is 2.31. The van der Waals surface area contributed by atoms with Crippen molar-refractivity contribution >= 4 is 5.91 Å². The van der Waals surface area contributed by atoms with Crippen LogP contribution in [0.15, 0.2) is 18.2 Å². The zero-order chi connectivity index (χ0) is 16.4. The number of amides is 1. The predicted octanol–water partition coefficient (Wildman–Crippen LogP) is 4.18. The Hall–Kier alpha value is -1.59. The third-order valence-corrected chi connectivity index (χ3v) is 3.36. The van der Waals surface area contributed by atoms with Gasteiger partial charge >= 0.3 is 6.18 Å². The van der Waals surface area contributed by atoms with Crippen LogP contribution in [-0.4, -0.2) is 29.6 Å². The van der Waals surface area contributed by atoms with Crippen molar-refractivity contribution in [1.82, 2.24) is 4.90 Å². The van der Waals surface area contributed by atoms with Gasteiger partial charge < -0.3 is 4.90 Å². The van der Waals surface area contributed by atoms with Gasteiger partial charge in [0.15, 0.2) is 0 Å². The second kappa shape index (κ2) is 6.45. The molecule has 1 aromatic rings. The van der Waals surface area contributed by atoms with Gasteiger partial charge in [-0.2, -0.15) is 13.2 Å². The highest BCUT2D eigenvalue weighted by molar-refractivity contribution is 5.94. The molecule has 0 heterocycles. The highest BCUT2D eigenvalue weighted by atomic mass is 19.4. The minimum atomic E-state index is -4.50. The van der Waals surface area contributed by atoms with Gasteiger partial charge in [0.1, 0.15) is 12.4 Å². The molecule has 0 N–H and O–H groups in total. The minimum Gasteiger partial charge on any atom is -0.327 e. The first-order valence-electron chi connectivity index (χ1n) is 6.66. The second-order valence-electron chi connectivity index (χ2n) is 5.55.